The molecule has 21 heavy (non-hydrogen) atoms. The van der Waals surface area contributed by atoms with Crippen molar-refractivity contribution in [1.29, 1.82) is 5.26 Å². The Morgan fingerprint density at radius 1 is 1.57 bits per heavy atom. The van der Waals surface area contributed by atoms with E-state index in [0.717, 1.165) is 12.1 Å². The van der Waals surface area contributed by atoms with E-state index < -0.39 is 5.54 Å². The van der Waals surface area contributed by atoms with Gasteiger partial charge in [-0.05, 0) is 25.0 Å². The number of halogens is 1. The highest BCUT2D eigenvalue weighted by molar-refractivity contribution is 6.32. The molecule has 1 aliphatic heterocycles. The van der Waals surface area contributed by atoms with Gasteiger partial charge < -0.3 is 9.88 Å². The number of hydrogen-bond donors (Lipinski definition) is 1. The minimum atomic E-state index is -0.897. The summed E-state index contributed by atoms with van der Waals surface area (Å²) in [5, 5.41) is 12.1. The third-order valence-corrected chi connectivity index (χ3v) is 4.33. The van der Waals surface area contributed by atoms with Crippen LogP contribution in [-0.2, 0) is 16.8 Å². The average Bonchev–Trinajstić information content (AvgIpc) is 3.09. The number of likely N-dealkylation sites (N-methyl/N-ethyl adjacent to an activating group) is 1. The Kier molecular flexibility index (Phi) is 3.19. The normalized spacial score (nSPS) is 19.9. The van der Waals surface area contributed by atoms with Crippen molar-refractivity contribution in [3.05, 3.63) is 52.6 Å². The fourth-order valence-corrected chi connectivity index (χ4v) is 3.35. The smallest absolute Gasteiger partial charge is 0.250 e. The Labute approximate surface area is 127 Å². The lowest BCUT2D eigenvalue weighted by Gasteiger charge is -2.30. The Morgan fingerprint density at radius 3 is 3.05 bits per heavy atom. The van der Waals surface area contributed by atoms with E-state index in [9.17, 15) is 4.79 Å². The summed E-state index contributed by atoms with van der Waals surface area (Å²) < 4.78 is 1.87. The summed E-state index contributed by atoms with van der Waals surface area (Å²) in [7, 11) is 1.61. The number of carbonyl (C=O) groups is 1. The molecule has 0 spiro atoms. The molecule has 0 fully saturated rings. The first kappa shape index (κ1) is 13.7. The molecule has 1 N–H and O–H groups in total. The number of aromatic nitrogens is 2. The minimum absolute atomic E-state index is 0.133. The number of imidazole rings is 1. The molecule has 106 valence electrons. The number of amides is 1. The van der Waals surface area contributed by atoms with Crippen LogP contribution in [0.2, 0.25) is 5.02 Å². The van der Waals surface area contributed by atoms with Gasteiger partial charge in [0.25, 0.3) is 5.91 Å². The zero-order valence-electron chi connectivity index (χ0n) is 11.4. The second-order valence-corrected chi connectivity index (χ2v) is 5.41. The molecule has 0 saturated carbocycles. The topological polar surface area (TPSA) is 70.7 Å². The maximum Gasteiger partial charge on any atom is 0.250 e. The fraction of sp³-hybridized carbons (Fsp3) is 0.267. The molecule has 5 nitrogen and oxygen atoms in total. The van der Waals surface area contributed by atoms with Crippen LogP contribution in [0, 0.1) is 11.3 Å². The van der Waals surface area contributed by atoms with Gasteiger partial charge in [-0.25, -0.2) is 4.98 Å². The van der Waals surface area contributed by atoms with Gasteiger partial charge in [0.15, 0.2) is 5.54 Å². The lowest BCUT2D eigenvalue weighted by Crippen LogP contribution is -2.46. The molecule has 0 radical (unpaired) electrons. The minimum Gasteiger partial charge on any atom is -0.357 e. The van der Waals surface area contributed by atoms with Crippen LogP contribution in [0.3, 0.4) is 0 Å². The SMILES string of the molecule is CNC(=O)C1(c2ccc(C#N)cc2Cl)CCc2cncn21. The lowest BCUT2D eigenvalue weighted by atomic mass is 9.86. The highest BCUT2D eigenvalue weighted by Crippen LogP contribution is 2.41. The molecular weight excluding hydrogens is 288 g/mol. The van der Waals surface area contributed by atoms with Gasteiger partial charge in [0.1, 0.15) is 0 Å². The second-order valence-electron chi connectivity index (χ2n) is 5.00. The first-order valence-corrected chi connectivity index (χ1v) is 6.95. The largest absolute Gasteiger partial charge is 0.357 e. The number of nitrogens with zero attached hydrogens (tertiary/aromatic N) is 3. The van der Waals surface area contributed by atoms with E-state index in [2.05, 4.69) is 16.4 Å². The van der Waals surface area contributed by atoms with E-state index in [1.807, 2.05) is 4.57 Å². The summed E-state index contributed by atoms with van der Waals surface area (Å²) >= 11 is 6.35. The van der Waals surface area contributed by atoms with Crippen LogP contribution in [0.25, 0.3) is 0 Å². The molecule has 2 aromatic rings. The Balaban J connectivity index is 2.24. The maximum atomic E-state index is 12.6. The summed E-state index contributed by atoms with van der Waals surface area (Å²) in [6.45, 7) is 0. The molecule has 0 bridgehead atoms. The number of aryl methyl sites for hydroxylation is 1. The molecule has 2 heterocycles. The van der Waals surface area contributed by atoms with Crippen LogP contribution in [0.15, 0.2) is 30.7 Å². The molecule has 1 aromatic heterocycles. The fourth-order valence-electron chi connectivity index (χ4n) is 3.02. The van der Waals surface area contributed by atoms with E-state index in [4.69, 9.17) is 16.9 Å². The molecule has 1 aliphatic rings. The molecule has 1 atom stereocenters. The van der Waals surface area contributed by atoms with E-state index in [1.54, 1.807) is 37.8 Å². The van der Waals surface area contributed by atoms with Crippen molar-refractivity contribution in [2.75, 3.05) is 7.05 Å². The summed E-state index contributed by atoms with van der Waals surface area (Å²) in [5.41, 5.74) is 1.27. The molecule has 1 unspecified atom stereocenters. The lowest BCUT2D eigenvalue weighted by molar-refractivity contribution is -0.127. The summed E-state index contributed by atoms with van der Waals surface area (Å²) in [6.07, 6.45) is 4.80. The highest BCUT2D eigenvalue weighted by Gasteiger charge is 2.47. The van der Waals surface area contributed by atoms with E-state index in [0.29, 0.717) is 22.6 Å². The molecule has 3 rings (SSSR count). The van der Waals surface area contributed by atoms with Crippen molar-refractivity contribution >= 4 is 17.5 Å². The molecule has 1 aromatic carbocycles. The average molecular weight is 301 g/mol. The number of benzene rings is 1. The summed E-state index contributed by atoms with van der Waals surface area (Å²) in [4.78, 5) is 16.8. The van der Waals surface area contributed by atoms with Gasteiger partial charge in [0.05, 0.1) is 18.0 Å². The van der Waals surface area contributed by atoms with Gasteiger partial charge in [-0.3, -0.25) is 4.79 Å². The number of fused-ring (bicyclic) bond motifs is 1. The van der Waals surface area contributed by atoms with Crippen LogP contribution in [0.1, 0.15) is 23.2 Å². The molecule has 6 heteroatoms. The standard InChI is InChI=1S/C15H13ClN4O/c1-18-14(21)15(5-4-11-8-19-9-20(11)15)12-3-2-10(7-17)6-13(12)16/h2-3,6,8-9H,4-5H2,1H3,(H,18,21). The Morgan fingerprint density at radius 2 is 2.38 bits per heavy atom. The predicted octanol–water partition coefficient (Wildman–Crippen LogP) is 1.84. The Bertz CT molecular complexity index is 761. The van der Waals surface area contributed by atoms with Gasteiger partial charge in [0.2, 0.25) is 0 Å². The van der Waals surface area contributed by atoms with Gasteiger partial charge in [-0.2, -0.15) is 5.26 Å². The van der Waals surface area contributed by atoms with Crippen molar-refractivity contribution < 1.29 is 4.79 Å². The first-order valence-electron chi connectivity index (χ1n) is 6.57. The van der Waals surface area contributed by atoms with Crippen LogP contribution in [0.5, 0.6) is 0 Å². The van der Waals surface area contributed by atoms with Crippen molar-refractivity contribution in [2.45, 2.75) is 18.4 Å². The quantitative estimate of drug-likeness (QED) is 0.920. The molecule has 1 amide bonds. The van der Waals surface area contributed by atoms with Crippen molar-refractivity contribution in [3.8, 4) is 6.07 Å². The summed E-state index contributed by atoms with van der Waals surface area (Å²) in [6, 6.07) is 7.08. The van der Waals surface area contributed by atoms with Crippen molar-refractivity contribution in [3.63, 3.8) is 0 Å². The molecule has 0 saturated heterocycles. The van der Waals surface area contributed by atoms with E-state index >= 15 is 0 Å². The van der Waals surface area contributed by atoms with Crippen LogP contribution in [-0.4, -0.2) is 22.5 Å². The third kappa shape index (κ3) is 1.83. The van der Waals surface area contributed by atoms with Gasteiger partial charge in [-0.15, -0.1) is 0 Å². The van der Waals surface area contributed by atoms with Gasteiger partial charge in [-0.1, -0.05) is 17.7 Å². The maximum absolute atomic E-state index is 12.6. The van der Waals surface area contributed by atoms with Crippen LogP contribution in [0.4, 0.5) is 0 Å². The molecule has 0 aliphatic carbocycles. The van der Waals surface area contributed by atoms with Gasteiger partial charge >= 0.3 is 0 Å². The number of nitrogens with one attached hydrogen (secondary N) is 1. The number of rotatable bonds is 2. The van der Waals surface area contributed by atoms with Crippen LogP contribution < -0.4 is 5.32 Å². The summed E-state index contributed by atoms with van der Waals surface area (Å²) in [5.74, 6) is -0.133. The number of nitriles is 1. The van der Waals surface area contributed by atoms with Crippen molar-refractivity contribution in [2.24, 2.45) is 0 Å². The first-order chi connectivity index (χ1) is 10.1. The van der Waals surface area contributed by atoms with Gasteiger partial charge in [0, 0.05) is 29.5 Å². The zero-order valence-corrected chi connectivity index (χ0v) is 12.2. The molecular formula is C15H13ClN4O. The predicted molar refractivity (Wildman–Crippen MR) is 77.9 cm³/mol. The number of carbonyl (C=O) groups excluding carboxylic acids is 1. The van der Waals surface area contributed by atoms with E-state index in [1.165, 1.54) is 0 Å². The second kappa shape index (κ2) is 4.90. The number of hydrogen-bond acceptors (Lipinski definition) is 3. The van der Waals surface area contributed by atoms with Crippen molar-refractivity contribution in [1.82, 2.24) is 14.9 Å². The van der Waals surface area contributed by atoms with Crippen LogP contribution >= 0.6 is 11.6 Å². The van der Waals surface area contributed by atoms with E-state index in [-0.39, 0.29) is 5.91 Å². The monoisotopic (exact) mass is 300 g/mol. The third-order valence-electron chi connectivity index (χ3n) is 4.02. The Hall–Kier alpha value is -2.32. The highest BCUT2D eigenvalue weighted by atomic mass is 35.5. The zero-order chi connectivity index (χ0) is 15.0.